The zero-order valence-corrected chi connectivity index (χ0v) is 41.6. The molecule has 74 heavy (non-hydrogen) atoms. The number of pyridine rings is 4. The fraction of sp³-hybridized carbons (Fsp3) is 0.522. The Morgan fingerprint density at radius 2 is 0.824 bits per heavy atom. The van der Waals surface area contributed by atoms with Gasteiger partial charge < -0.3 is 13.2 Å². The highest BCUT2D eigenvalue weighted by Crippen LogP contribution is 2.85. The molecule has 11 fully saturated rings. The van der Waals surface area contributed by atoms with Crippen molar-refractivity contribution >= 4 is 98.1 Å². The molecule has 0 radical (unpaired) electrons. The monoisotopic (exact) mass is 958 g/mol. The van der Waals surface area contributed by atoms with Gasteiger partial charge in [-0.25, -0.2) is 0 Å². The van der Waals surface area contributed by atoms with Gasteiger partial charge in [-0.2, -0.15) is 0 Å². The molecule has 0 amide bonds. The van der Waals surface area contributed by atoms with Crippen molar-refractivity contribution in [3.63, 3.8) is 0 Å². The molecule has 9 aromatic heterocycles. The Hall–Kier alpha value is -5.56. The van der Waals surface area contributed by atoms with Gasteiger partial charge in [0.25, 0.3) is 0 Å². The molecule has 7 nitrogen and oxygen atoms in total. The van der Waals surface area contributed by atoms with E-state index in [0.29, 0.717) is 63.6 Å². The number of benzene rings is 2. The summed E-state index contributed by atoms with van der Waals surface area (Å²) < 4.78 is 13.5. The van der Waals surface area contributed by atoms with Gasteiger partial charge in [0, 0.05) is 89.5 Å². The summed E-state index contributed by atoms with van der Waals surface area (Å²) in [6, 6.07) is 5.39. The molecule has 9 bridgehead atoms. The summed E-state index contributed by atoms with van der Waals surface area (Å²) in [6.07, 6.45) is 31.5. The third-order valence-corrected chi connectivity index (χ3v) is 29.2. The van der Waals surface area contributed by atoms with E-state index < -0.39 is 0 Å². The first-order valence-electron chi connectivity index (χ1n) is 30.4. The van der Waals surface area contributed by atoms with Crippen LogP contribution in [-0.4, -0.2) is 28.7 Å². The molecule has 0 aliphatic heterocycles. The molecule has 358 valence electrons. The second-order valence-electron chi connectivity index (χ2n) is 30.0. The van der Waals surface area contributed by atoms with Crippen molar-refractivity contribution in [1.29, 1.82) is 0 Å². The molecular formula is C67H54N6O. The molecule has 19 atom stereocenters. The zero-order chi connectivity index (χ0) is 46.0. The van der Waals surface area contributed by atoms with E-state index in [-0.39, 0.29) is 0 Å². The lowest BCUT2D eigenvalue weighted by atomic mass is 9.37. The Kier molecular flexibility index (Phi) is 4.88. The Labute approximate surface area is 424 Å². The fourth-order valence-corrected chi connectivity index (χ4v) is 27.1. The molecule has 7 heteroatoms. The lowest BCUT2D eigenvalue weighted by Gasteiger charge is -2.67. The minimum absolute atomic E-state index is 0.544. The van der Waals surface area contributed by atoms with E-state index in [1.165, 1.54) is 212 Å². The highest BCUT2D eigenvalue weighted by Gasteiger charge is 2.75. The van der Waals surface area contributed by atoms with E-state index in [1.54, 1.807) is 22.3 Å². The molecule has 11 aromatic rings. The zero-order valence-electron chi connectivity index (χ0n) is 41.6. The first-order valence-corrected chi connectivity index (χ1v) is 30.4. The Morgan fingerprint density at radius 1 is 0.392 bits per heavy atom. The number of furan rings is 1. The molecular weight excluding hydrogens is 905 g/mol. The lowest BCUT2D eigenvalue weighted by Crippen LogP contribution is -2.59. The number of hydrogen-bond donors (Lipinski definition) is 0. The fourth-order valence-electron chi connectivity index (χ4n) is 27.1. The highest BCUT2D eigenvalue weighted by atomic mass is 16.3. The molecule has 11 saturated carbocycles. The van der Waals surface area contributed by atoms with Crippen molar-refractivity contribution in [3.8, 4) is 0 Å². The van der Waals surface area contributed by atoms with E-state index >= 15 is 0 Å². The highest BCUT2D eigenvalue weighted by molar-refractivity contribution is 6.38. The van der Waals surface area contributed by atoms with E-state index in [2.05, 4.69) is 45.7 Å². The van der Waals surface area contributed by atoms with E-state index in [9.17, 15) is 0 Å². The maximum absolute atomic E-state index is 8.13. The second-order valence-corrected chi connectivity index (χ2v) is 30.0. The van der Waals surface area contributed by atoms with Crippen molar-refractivity contribution in [2.45, 2.75) is 150 Å². The maximum Gasteiger partial charge on any atom is 0.145 e. The van der Waals surface area contributed by atoms with Crippen molar-refractivity contribution < 1.29 is 4.42 Å². The average Bonchev–Trinajstić information content (AvgIpc) is 4.32. The van der Waals surface area contributed by atoms with Gasteiger partial charge in [-0.15, -0.1) is 0 Å². The molecule has 15 aliphatic carbocycles. The quantitative estimate of drug-likeness (QED) is 0.151. The van der Waals surface area contributed by atoms with Crippen molar-refractivity contribution in [3.05, 3.63) is 81.9 Å². The molecule has 9 heterocycles. The summed E-state index contributed by atoms with van der Waals surface area (Å²) in [7, 11) is 0. The van der Waals surface area contributed by atoms with Gasteiger partial charge in [-0.05, 0) is 224 Å². The summed E-state index contributed by atoms with van der Waals surface area (Å²) in [6.45, 7) is 0. The van der Waals surface area contributed by atoms with Gasteiger partial charge in [0.15, 0.2) is 0 Å². The topological polar surface area (TPSA) is 73.5 Å². The SMILES string of the molecule is c1c2c3cc4c5c6c(ncc5n5c7cnc8c(c7c(c3oc2c2c3c7c(ncc3n3c9cnc%10c(c9c1c23)C1CC2CC(C1)C%10C2)C1CC2CC3CC7CC321)c45)C1CC2CC3CC8C23C1)C1CC2CC3CC6CC321. The number of aromatic nitrogens is 6. The van der Waals surface area contributed by atoms with Crippen LogP contribution in [0.25, 0.3) is 98.1 Å². The molecule has 15 aliphatic rings. The molecule has 26 rings (SSSR count). The largest absolute Gasteiger partial charge is 0.455 e. The van der Waals surface area contributed by atoms with Crippen LogP contribution < -0.4 is 0 Å². The molecule has 0 saturated heterocycles. The van der Waals surface area contributed by atoms with Gasteiger partial charge in [0.1, 0.15) is 11.2 Å². The van der Waals surface area contributed by atoms with E-state index in [1.807, 2.05) is 0 Å². The van der Waals surface area contributed by atoms with Gasteiger partial charge in [0.05, 0.1) is 68.7 Å². The molecule has 3 spiro atoms. The molecule has 2 aromatic carbocycles. The minimum Gasteiger partial charge on any atom is -0.455 e. The van der Waals surface area contributed by atoms with Crippen LogP contribution in [-0.2, 0) is 0 Å². The van der Waals surface area contributed by atoms with Crippen molar-refractivity contribution in [2.24, 2.45) is 63.6 Å². The Bertz CT molecular complexity index is 4820. The van der Waals surface area contributed by atoms with E-state index in [4.69, 9.17) is 24.4 Å². The number of rotatable bonds is 0. The van der Waals surface area contributed by atoms with Gasteiger partial charge in [-0.1, -0.05) is 0 Å². The normalized spacial score (nSPS) is 44.3. The van der Waals surface area contributed by atoms with Gasteiger partial charge in [0.2, 0.25) is 0 Å². The first kappa shape index (κ1) is 35.7. The minimum atomic E-state index is 0.544. The van der Waals surface area contributed by atoms with Gasteiger partial charge in [-0.3, -0.25) is 19.9 Å². The van der Waals surface area contributed by atoms with Crippen LogP contribution in [0.15, 0.2) is 41.3 Å². The van der Waals surface area contributed by atoms with Crippen LogP contribution in [0, 0.1) is 63.6 Å². The van der Waals surface area contributed by atoms with Crippen LogP contribution in [0.5, 0.6) is 0 Å². The predicted molar refractivity (Wildman–Crippen MR) is 285 cm³/mol. The first-order chi connectivity index (χ1) is 36.5. The van der Waals surface area contributed by atoms with Crippen molar-refractivity contribution in [1.82, 2.24) is 28.7 Å². The summed E-state index contributed by atoms with van der Waals surface area (Å²) >= 11 is 0. The van der Waals surface area contributed by atoms with Crippen molar-refractivity contribution in [2.75, 3.05) is 0 Å². The third kappa shape index (κ3) is 3.01. The predicted octanol–water partition coefficient (Wildman–Crippen LogP) is 15.5. The summed E-state index contributed by atoms with van der Waals surface area (Å²) in [4.78, 5) is 22.7. The number of nitrogens with zero attached hydrogens (tertiary/aromatic N) is 6. The lowest BCUT2D eigenvalue weighted by molar-refractivity contribution is -0.147. The van der Waals surface area contributed by atoms with Gasteiger partial charge >= 0.3 is 0 Å². The van der Waals surface area contributed by atoms with Crippen LogP contribution in [0.3, 0.4) is 0 Å². The van der Waals surface area contributed by atoms with Crippen LogP contribution in [0.4, 0.5) is 0 Å². The summed E-state index contributed by atoms with van der Waals surface area (Å²) in [5.74, 6) is 12.1. The standard InChI is InChI=1S/C67H54N6O/c1-23-2-25-4-24(1)35(3-23)57-47(25)51-38-14-36-37-15-39-52-44(20-69-58-40-11-32-8-29-5-26(48(52)58)16-65(29,32)40)73-46-22-71-60-42-13-34-10-31-7-28(18-67(31,34)42)50(60)54(46)56(62(39)73)64(37)74-63(36)55-53-45(72(61(38)55)43(51)19-68-57)21-70-59-41-12-33-9-30-6-27(49(53)59)17-66(30,33)41/h14-15,19-35,40-42H,1-13,16-18H2. The average molecular weight is 959 g/mol. The summed E-state index contributed by atoms with van der Waals surface area (Å²) in [5.41, 5.74) is 24.3. The Balaban J connectivity index is 0.872. The van der Waals surface area contributed by atoms with Crippen LogP contribution >= 0.6 is 0 Å². The maximum atomic E-state index is 8.13. The van der Waals surface area contributed by atoms with E-state index in [0.717, 1.165) is 58.5 Å². The molecule has 0 N–H and O–H groups in total. The number of hydrogen-bond acceptors (Lipinski definition) is 5. The summed E-state index contributed by atoms with van der Waals surface area (Å²) in [5, 5.41) is 14.4. The molecule has 19 unspecified atom stereocenters. The Morgan fingerprint density at radius 3 is 1.31 bits per heavy atom. The van der Waals surface area contributed by atoms with Crippen LogP contribution in [0.1, 0.15) is 195 Å². The number of fused-ring (bicyclic) bond motifs is 38. The smallest absolute Gasteiger partial charge is 0.145 e. The third-order valence-electron chi connectivity index (χ3n) is 29.2. The second kappa shape index (κ2) is 10.1. The van der Waals surface area contributed by atoms with Crippen LogP contribution in [0.2, 0.25) is 0 Å².